The molecule has 0 aliphatic heterocycles. The summed E-state index contributed by atoms with van der Waals surface area (Å²) in [6.07, 6.45) is 1.82. The van der Waals surface area contributed by atoms with Gasteiger partial charge in [0.15, 0.2) is 6.61 Å². The standard InChI is InChI=1S/C24H29Cl3N2O3/c1-5-6-10-28-24(31)17(4)29(13-19-20(25)8-7-9-21(19)26)22(30)14-32-18-11-15(2)23(27)16(3)12-18/h7-9,11-12,17H,5-6,10,13-14H2,1-4H3,(H,28,31)/t17-/m0/s1. The van der Waals surface area contributed by atoms with Crippen molar-refractivity contribution in [1.82, 2.24) is 10.2 Å². The van der Waals surface area contributed by atoms with Gasteiger partial charge in [-0.05, 0) is 62.6 Å². The molecular weight excluding hydrogens is 471 g/mol. The number of rotatable bonds is 10. The minimum absolute atomic E-state index is 0.0851. The molecule has 0 unspecified atom stereocenters. The van der Waals surface area contributed by atoms with Crippen LogP contribution in [0.25, 0.3) is 0 Å². The van der Waals surface area contributed by atoms with Gasteiger partial charge < -0.3 is 15.0 Å². The third-order valence-corrected chi connectivity index (χ3v) is 6.46. The largest absolute Gasteiger partial charge is 0.484 e. The Morgan fingerprint density at radius 1 is 1.09 bits per heavy atom. The average Bonchev–Trinajstić information content (AvgIpc) is 2.75. The third kappa shape index (κ3) is 7.03. The maximum Gasteiger partial charge on any atom is 0.261 e. The first-order valence-corrected chi connectivity index (χ1v) is 11.7. The molecule has 0 saturated carbocycles. The molecule has 0 spiro atoms. The van der Waals surface area contributed by atoms with Crippen LogP contribution in [0.5, 0.6) is 5.75 Å². The summed E-state index contributed by atoms with van der Waals surface area (Å²) in [6.45, 7) is 7.87. The highest BCUT2D eigenvalue weighted by atomic mass is 35.5. The fraction of sp³-hybridized carbons (Fsp3) is 0.417. The third-order valence-electron chi connectivity index (χ3n) is 5.16. The highest BCUT2D eigenvalue weighted by Gasteiger charge is 2.27. The first-order chi connectivity index (χ1) is 15.1. The van der Waals surface area contributed by atoms with Crippen molar-refractivity contribution in [2.24, 2.45) is 0 Å². The number of halogens is 3. The quantitative estimate of drug-likeness (QED) is 0.409. The van der Waals surface area contributed by atoms with Gasteiger partial charge in [-0.15, -0.1) is 0 Å². The van der Waals surface area contributed by atoms with Crippen molar-refractivity contribution in [1.29, 1.82) is 0 Å². The molecule has 174 valence electrons. The lowest BCUT2D eigenvalue weighted by molar-refractivity contribution is -0.142. The van der Waals surface area contributed by atoms with Gasteiger partial charge in [0.25, 0.3) is 5.91 Å². The molecule has 1 atom stereocenters. The SMILES string of the molecule is CCCCNC(=O)[C@H](C)N(Cc1c(Cl)cccc1Cl)C(=O)COc1cc(C)c(Cl)c(C)c1. The highest BCUT2D eigenvalue weighted by Crippen LogP contribution is 2.28. The van der Waals surface area contributed by atoms with Crippen LogP contribution in [0.4, 0.5) is 0 Å². The normalized spacial score (nSPS) is 11.7. The summed E-state index contributed by atoms with van der Waals surface area (Å²) in [4.78, 5) is 27.3. The number of amides is 2. The van der Waals surface area contributed by atoms with Crippen LogP contribution in [-0.4, -0.2) is 35.9 Å². The van der Waals surface area contributed by atoms with Crippen molar-refractivity contribution in [3.05, 3.63) is 62.1 Å². The smallest absolute Gasteiger partial charge is 0.261 e. The molecule has 2 amide bonds. The minimum Gasteiger partial charge on any atom is -0.484 e. The summed E-state index contributed by atoms with van der Waals surface area (Å²) < 4.78 is 5.74. The van der Waals surface area contributed by atoms with Crippen LogP contribution in [0.1, 0.15) is 43.4 Å². The second-order valence-electron chi connectivity index (χ2n) is 7.70. The van der Waals surface area contributed by atoms with Gasteiger partial charge in [-0.25, -0.2) is 0 Å². The number of hydrogen-bond donors (Lipinski definition) is 1. The molecule has 0 radical (unpaired) electrons. The number of carbonyl (C=O) groups excluding carboxylic acids is 2. The Balaban J connectivity index is 2.22. The van der Waals surface area contributed by atoms with Gasteiger partial charge in [-0.1, -0.05) is 54.2 Å². The summed E-state index contributed by atoms with van der Waals surface area (Å²) in [7, 11) is 0. The number of benzene rings is 2. The van der Waals surface area contributed by atoms with E-state index in [2.05, 4.69) is 5.32 Å². The predicted octanol–water partition coefficient (Wildman–Crippen LogP) is 5.98. The van der Waals surface area contributed by atoms with Gasteiger partial charge in [0, 0.05) is 33.7 Å². The van der Waals surface area contributed by atoms with Crippen LogP contribution < -0.4 is 10.1 Å². The number of carbonyl (C=O) groups is 2. The van der Waals surface area contributed by atoms with Crippen LogP contribution >= 0.6 is 34.8 Å². The van der Waals surface area contributed by atoms with E-state index in [1.807, 2.05) is 20.8 Å². The molecule has 0 bridgehead atoms. The van der Waals surface area contributed by atoms with Crippen molar-refractivity contribution < 1.29 is 14.3 Å². The lowest BCUT2D eigenvalue weighted by atomic mass is 10.1. The second kappa shape index (κ2) is 12.3. The molecule has 1 N–H and O–H groups in total. The number of unbranched alkanes of at least 4 members (excludes halogenated alkanes) is 1. The maximum atomic E-state index is 13.2. The molecular formula is C24H29Cl3N2O3. The zero-order valence-corrected chi connectivity index (χ0v) is 21.1. The van der Waals surface area contributed by atoms with Gasteiger partial charge in [0.1, 0.15) is 11.8 Å². The lowest BCUT2D eigenvalue weighted by Crippen LogP contribution is -2.49. The van der Waals surface area contributed by atoms with E-state index in [-0.39, 0.29) is 25.0 Å². The Hall–Kier alpha value is -1.95. The van der Waals surface area contributed by atoms with E-state index >= 15 is 0 Å². The van der Waals surface area contributed by atoms with Gasteiger partial charge >= 0.3 is 0 Å². The summed E-state index contributed by atoms with van der Waals surface area (Å²) in [5.74, 6) is -0.0638. The molecule has 0 fully saturated rings. The zero-order chi connectivity index (χ0) is 23.8. The number of nitrogens with zero attached hydrogens (tertiary/aromatic N) is 1. The number of aryl methyl sites for hydroxylation is 2. The molecule has 0 aliphatic carbocycles. The molecule has 0 heterocycles. The first kappa shape index (κ1) is 26.3. The van der Waals surface area contributed by atoms with Crippen LogP contribution in [0, 0.1) is 13.8 Å². The van der Waals surface area contributed by atoms with Crippen LogP contribution in [0.3, 0.4) is 0 Å². The van der Waals surface area contributed by atoms with E-state index in [4.69, 9.17) is 39.5 Å². The van der Waals surface area contributed by atoms with Gasteiger partial charge in [-0.2, -0.15) is 0 Å². The minimum atomic E-state index is -0.732. The first-order valence-electron chi connectivity index (χ1n) is 10.5. The van der Waals surface area contributed by atoms with E-state index < -0.39 is 6.04 Å². The van der Waals surface area contributed by atoms with E-state index in [1.54, 1.807) is 37.3 Å². The summed E-state index contributed by atoms with van der Waals surface area (Å²) in [5, 5.41) is 4.40. The van der Waals surface area contributed by atoms with Gasteiger partial charge in [0.2, 0.25) is 5.91 Å². The number of hydrogen-bond acceptors (Lipinski definition) is 3. The number of nitrogens with one attached hydrogen (secondary N) is 1. The van der Waals surface area contributed by atoms with Crippen molar-refractivity contribution >= 4 is 46.6 Å². The summed E-state index contributed by atoms with van der Waals surface area (Å²) in [6, 6.07) is 7.96. The Morgan fingerprint density at radius 3 is 2.25 bits per heavy atom. The molecule has 2 rings (SSSR count). The Labute approximate surface area is 205 Å². The van der Waals surface area contributed by atoms with Gasteiger partial charge in [0.05, 0.1) is 0 Å². The second-order valence-corrected chi connectivity index (χ2v) is 8.89. The molecule has 2 aromatic carbocycles. The van der Waals surface area contributed by atoms with Crippen LogP contribution in [-0.2, 0) is 16.1 Å². The highest BCUT2D eigenvalue weighted by molar-refractivity contribution is 6.36. The molecule has 0 saturated heterocycles. The molecule has 2 aromatic rings. The van der Waals surface area contributed by atoms with Crippen molar-refractivity contribution in [3.8, 4) is 5.75 Å². The van der Waals surface area contributed by atoms with Crippen LogP contribution in [0.2, 0.25) is 15.1 Å². The van der Waals surface area contributed by atoms with E-state index in [9.17, 15) is 9.59 Å². The van der Waals surface area contributed by atoms with E-state index in [0.717, 1.165) is 24.0 Å². The Morgan fingerprint density at radius 2 is 1.69 bits per heavy atom. The lowest BCUT2D eigenvalue weighted by Gasteiger charge is -2.29. The zero-order valence-electron chi connectivity index (χ0n) is 18.8. The topological polar surface area (TPSA) is 58.6 Å². The summed E-state index contributed by atoms with van der Waals surface area (Å²) >= 11 is 18.9. The van der Waals surface area contributed by atoms with Crippen LogP contribution in [0.15, 0.2) is 30.3 Å². The predicted molar refractivity (Wildman–Crippen MR) is 131 cm³/mol. The monoisotopic (exact) mass is 498 g/mol. The van der Waals surface area contributed by atoms with E-state index in [0.29, 0.717) is 32.9 Å². The molecule has 32 heavy (non-hydrogen) atoms. The van der Waals surface area contributed by atoms with Gasteiger partial charge in [-0.3, -0.25) is 9.59 Å². The van der Waals surface area contributed by atoms with Crippen molar-refractivity contribution in [2.45, 2.75) is 53.1 Å². The van der Waals surface area contributed by atoms with E-state index in [1.165, 1.54) is 4.90 Å². The molecule has 0 aromatic heterocycles. The fourth-order valence-electron chi connectivity index (χ4n) is 3.19. The summed E-state index contributed by atoms with van der Waals surface area (Å²) in [5.41, 5.74) is 2.30. The molecule has 8 heteroatoms. The van der Waals surface area contributed by atoms with Crippen molar-refractivity contribution in [2.75, 3.05) is 13.2 Å². The molecule has 0 aliphatic rings. The Kier molecular flexibility index (Phi) is 10.1. The average molecular weight is 500 g/mol. The number of ether oxygens (including phenoxy) is 1. The maximum absolute atomic E-state index is 13.2. The Bertz CT molecular complexity index is 922. The van der Waals surface area contributed by atoms with Crippen molar-refractivity contribution in [3.63, 3.8) is 0 Å². The fourth-order valence-corrected chi connectivity index (χ4v) is 3.82. The molecule has 5 nitrogen and oxygen atoms in total.